The van der Waals surface area contributed by atoms with E-state index in [0.29, 0.717) is 112 Å². The van der Waals surface area contributed by atoms with Crippen LogP contribution in [0.2, 0.25) is 10.0 Å². The Morgan fingerprint density at radius 1 is 0.490 bits per heavy atom. The van der Waals surface area contributed by atoms with Crippen LogP contribution in [0.15, 0.2) is 155 Å². The molecule has 4 unspecified atom stereocenters. The number of unbranched alkanes of at least 4 members (excludes halogenated alkanes) is 2. The minimum absolute atomic E-state index is 0. The molecule has 4 radical (unpaired) electrons. The van der Waals surface area contributed by atoms with Gasteiger partial charge in [-0.15, -0.1) is 71.7 Å². The van der Waals surface area contributed by atoms with Crippen molar-refractivity contribution in [3.05, 3.63) is 230 Å². The first-order valence-electron chi connectivity index (χ1n) is 29.6. The predicted molar refractivity (Wildman–Crippen MR) is 422 cm³/mol. The number of carbonyl (C=O) groups excluding carboxylic acids is 1. The van der Waals surface area contributed by atoms with E-state index in [0.717, 1.165) is 54.9 Å². The Labute approximate surface area is 749 Å². The van der Waals surface area contributed by atoms with Crippen molar-refractivity contribution >= 4 is 183 Å². The van der Waals surface area contributed by atoms with Crippen LogP contribution in [0.1, 0.15) is 117 Å². The molecular formula is C68H80Cl2N6O13S9Y4-8. The van der Waals surface area contributed by atoms with Gasteiger partial charge >= 0.3 is 0 Å². The fourth-order valence-electron chi connectivity index (χ4n) is 8.23. The van der Waals surface area contributed by atoms with E-state index in [4.69, 9.17) is 78.2 Å². The summed E-state index contributed by atoms with van der Waals surface area (Å²) in [4.78, 5) is 12.1. The molecule has 0 aliphatic carbocycles. The molecule has 2 aromatic heterocycles. The number of thiol groups is 2. The van der Waals surface area contributed by atoms with Gasteiger partial charge in [0.15, 0.2) is 11.5 Å². The van der Waals surface area contributed by atoms with Crippen LogP contribution in [-0.4, -0.2) is 67.2 Å². The van der Waals surface area contributed by atoms with Crippen molar-refractivity contribution in [1.82, 2.24) is 0 Å². The molecule has 0 saturated heterocycles. The van der Waals surface area contributed by atoms with E-state index in [9.17, 15) is 39.8 Å². The van der Waals surface area contributed by atoms with Gasteiger partial charge in [0.05, 0.1) is 59.4 Å². The van der Waals surface area contributed by atoms with E-state index in [1.165, 1.54) is 6.07 Å². The van der Waals surface area contributed by atoms with Gasteiger partial charge in [-0.1, -0.05) is 144 Å². The zero-order valence-corrected chi connectivity index (χ0v) is 77.8. The number of para-hydroxylation sites is 2. The van der Waals surface area contributed by atoms with E-state index in [1.807, 2.05) is 94.4 Å². The summed E-state index contributed by atoms with van der Waals surface area (Å²) in [5.41, 5.74) is 6.29. The second-order valence-corrected chi connectivity index (χ2v) is 25.5. The smallest absolute Gasteiger partial charge is 0.174 e. The molecule has 8 aromatic rings. The minimum Gasteiger partial charge on any atom is -0.755 e. The average Bonchev–Trinajstić information content (AvgIpc) is 0.889. The summed E-state index contributed by atoms with van der Waals surface area (Å²) in [6.45, 7) is 20.7. The van der Waals surface area contributed by atoms with Crippen molar-refractivity contribution in [2.75, 3.05) is 42.6 Å². The molecule has 2 heterocycles. The Morgan fingerprint density at radius 3 is 1.16 bits per heavy atom. The van der Waals surface area contributed by atoms with E-state index >= 15 is 0 Å². The molecule has 4 atom stereocenters. The number of benzene rings is 6. The van der Waals surface area contributed by atoms with Crippen LogP contribution in [0, 0.1) is 28.7 Å². The Bertz CT molecular complexity index is 3620. The molecule has 0 aliphatic heterocycles. The summed E-state index contributed by atoms with van der Waals surface area (Å²) in [6, 6.07) is 38.6. The molecule has 8 rings (SSSR count). The molecule has 102 heavy (non-hydrogen) atoms. The van der Waals surface area contributed by atoms with Crippen LogP contribution in [0.4, 0.5) is 34.1 Å². The van der Waals surface area contributed by atoms with E-state index in [-0.39, 0.29) is 168 Å². The van der Waals surface area contributed by atoms with Crippen molar-refractivity contribution in [2.45, 2.75) is 92.9 Å². The number of ketones is 1. The van der Waals surface area contributed by atoms with Gasteiger partial charge in [0, 0.05) is 224 Å². The molecule has 0 spiro atoms. The number of carbonyl (C=O) groups is 1. The first-order valence-corrected chi connectivity index (χ1v) is 36.8. The number of aryl methyl sites for hydroxylation is 4. The standard InChI is InChI=1S/C18H21N2O4S.C17H20N2O3S3.C14H13ClNO3S2.C13H12ClNO3S3.2C2H6.2CH3.4Y/c1-3-4-10-19-16-11-14(13(2)21)12-17(20-25(22)23)18(16)24-15-8-6-5-7-9-15;1-2-3-9-18-14-10-12(17(23)24)11-15(19-25(20)21)16(14)22-13-7-5-4-6-8-13;1-9(20)12-8-14(16-21(17)18)13(15)7-10(12)4-5-11-3-2-6-19-11;14-11-6-8(3-4-9-2-1-5-18-9)10(13(19)20)7-12(11)15-21(16)17;2*1-2;;;;;;/h5-9,11-12,19-20H,2-4,10H2,1H3,(H,22,23);4-8,10-11,18-19H,2-3,9H2,1H3,(H,20,21)(H,23,24);2-3,6-8,16H,1,4-5H2,(H,17,18);1-2,5-7,15H,3-4H2,(H,16,17)(H,19,20);2*1-2H3;2*1H3;;;;/q-1;;-1;;;;2*-1;;;;/p-4. The van der Waals surface area contributed by atoms with Gasteiger partial charge in [-0.05, 0) is 104 Å². The third kappa shape index (κ3) is 40.0. The SMILES string of the molecule is CC.CC.CCCCNc1cc(C(=S)S)cc(NS(=O)[O-])c1Oc1ccccc1.O=S([O-])Nc1cc(C(=S)S)c(CCc2ccco2)cc1Cl.[CH2-]C(=O)c1cc(NCCCC)c(Oc2ccccc2)c(NS(=O)[O-])c1.[CH2-]C(=S)c1cc(NS(=O)[O-])c(Cl)cc1CCc1ccco1.[CH3-].[CH3-].[Y].[Y].[Y].[Y]. The molecule has 548 valence electrons. The van der Waals surface area contributed by atoms with Gasteiger partial charge in [-0.25, -0.2) is 6.92 Å². The molecule has 0 bridgehead atoms. The van der Waals surface area contributed by atoms with Gasteiger partial charge < -0.3 is 85.7 Å². The van der Waals surface area contributed by atoms with Crippen LogP contribution in [0.25, 0.3) is 0 Å². The Hall–Kier alpha value is -1.90. The zero-order chi connectivity index (χ0) is 71.3. The molecule has 0 fully saturated rings. The quantitative estimate of drug-likeness (QED) is 0.00518. The molecule has 0 aliphatic rings. The number of hydrogen-bond acceptors (Lipinski definition) is 18. The summed E-state index contributed by atoms with van der Waals surface area (Å²) in [6.07, 6.45) is 9.85. The first kappa shape index (κ1) is 106. The average molecular weight is 1900 g/mol. The number of hydrogen-bond donors (Lipinski definition) is 8. The van der Waals surface area contributed by atoms with Crippen LogP contribution < -0.4 is 39.0 Å². The maximum absolute atomic E-state index is 11.7. The number of halogens is 2. The van der Waals surface area contributed by atoms with Crippen molar-refractivity contribution < 1.29 is 189 Å². The number of furan rings is 2. The third-order valence-electron chi connectivity index (χ3n) is 12.5. The Kier molecular flexibility index (Phi) is 62.6. The van der Waals surface area contributed by atoms with Gasteiger partial charge in [0.25, 0.3) is 0 Å². The number of thiocarbonyl (C=S) groups is 3. The summed E-state index contributed by atoms with van der Waals surface area (Å²) >= 11 is 25.9. The van der Waals surface area contributed by atoms with Crippen LogP contribution in [0.5, 0.6) is 23.0 Å². The molecule has 0 saturated carbocycles. The zero-order valence-electron chi connectivity index (χ0n) is 57.5. The van der Waals surface area contributed by atoms with Gasteiger partial charge in [-0.2, -0.15) is 12.5 Å². The maximum atomic E-state index is 11.7. The predicted octanol–water partition coefficient (Wildman–Crippen LogP) is 18.4. The summed E-state index contributed by atoms with van der Waals surface area (Å²) < 4.78 is 120. The minimum atomic E-state index is -2.56. The summed E-state index contributed by atoms with van der Waals surface area (Å²) in [7, 11) is 0. The Morgan fingerprint density at radius 2 is 0.833 bits per heavy atom. The molecular weight excluding hydrogens is 1820 g/mol. The van der Waals surface area contributed by atoms with Crippen molar-refractivity contribution in [2.24, 2.45) is 0 Å². The van der Waals surface area contributed by atoms with Crippen LogP contribution in [0.3, 0.4) is 0 Å². The van der Waals surface area contributed by atoms with E-state index in [2.05, 4.69) is 82.5 Å². The monoisotopic (exact) mass is 1900 g/mol. The number of ether oxygens (including phenoxy) is 2. The van der Waals surface area contributed by atoms with E-state index < -0.39 is 50.8 Å². The molecule has 6 aromatic carbocycles. The Balaban J connectivity index is -0.000000607. The maximum Gasteiger partial charge on any atom is 0.174 e. The summed E-state index contributed by atoms with van der Waals surface area (Å²) in [5.74, 6) is 3.14. The van der Waals surface area contributed by atoms with Gasteiger partial charge in [-0.3, -0.25) is 16.8 Å². The fraction of sp³-hybridized carbons (Fsp3) is 0.235. The number of Topliss-reactive ketones (excluding diaryl/α,β-unsaturated/α-hetero) is 1. The number of anilines is 6. The second-order valence-electron chi connectivity index (χ2n) is 19.1. The normalized spacial score (nSPS) is 10.8. The third-order valence-corrected chi connectivity index (χ3v) is 15.8. The second kappa shape index (κ2) is 60.0. The van der Waals surface area contributed by atoms with Crippen LogP contribution in [-0.2, 0) is 202 Å². The van der Waals surface area contributed by atoms with Crippen molar-refractivity contribution in [3.8, 4) is 23.0 Å². The molecule has 34 heteroatoms. The van der Waals surface area contributed by atoms with Crippen LogP contribution >= 0.6 is 85.1 Å². The summed E-state index contributed by atoms with van der Waals surface area (Å²) in [5, 5.41) is 7.10. The number of nitrogens with one attached hydrogen (secondary N) is 6. The fourth-order valence-corrected chi connectivity index (χ4v) is 11.0. The van der Waals surface area contributed by atoms with Crippen molar-refractivity contribution in [1.29, 1.82) is 0 Å². The largest absolute Gasteiger partial charge is 0.755 e. The number of rotatable bonds is 30. The van der Waals surface area contributed by atoms with Gasteiger partial charge in [0.2, 0.25) is 0 Å². The molecule has 0 amide bonds. The van der Waals surface area contributed by atoms with Gasteiger partial charge in [0.1, 0.15) is 23.0 Å². The first-order chi connectivity index (χ1) is 46.0. The molecule has 19 nitrogen and oxygen atoms in total. The van der Waals surface area contributed by atoms with E-state index in [1.54, 1.807) is 73.2 Å². The molecule has 6 N–H and O–H groups in total. The van der Waals surface area contributed by atoms with Crippen molar-refractivity contribution in [3.63, 3.8) is 0 Å². The topological polar surface area (TPSA) is 295 Å².